The summed E-state index contributed by atoms with van der Waals surface area (Å²) in [6.07, 6.45) is -3.15. The number of aromatic nitrogens is 3. The number of methoxy groups -OCH3 is 1. The van der Waals surface area contributed by atoms with Crippen LogP contribution in [0.4, 0.5) is 18.9 Å². The van der Waals surface area contributed by atoms with Gasteiger partial charge in [0.2, 0.25) is 5.88 Å². The zero-order valence-corrected chi connectivity index (χ0v) is 17.4. The van der Waals surface area contributed by atoms with E-state index in [9.17, 15) is 18.0 Å². The van der Waals surface area contributed by atoms with Crippen molar-refractivity contribution in [1.29, 1.82) is 0 Å². The van der Waals surface area contributed by atoms with Gasteiger partial charge in [-0.2, -0.15) is 18.2 Å². The molecule has 0 N–H and O–H groups in total. The number of nitrogens with zero attached hydrogens (tertiary/aromatic N) is 5. The molecule has 0 fully saturated rings. The lowest BCUT2D eigenvalue weighted by Crippen LogP contribution is -2.22. The Morgan fingerprint density at radius 1 is 1.23 bits per heavy atom. The third-order valence-corrected chi connectivity index (χ3v) is 4.12. The van der Waals surface area contributed by atoms with Gasteiger partial charge < -0.3 is 14.4 Å². The molecule has 0 bridgehead atoms. The Labute approximate surface area is 179 Å². The van der Waals surface area contributed by atoms with Crippen LogP contribution >= 0.6 is 11.6 Å². The molecule has 8 nitrogen and oxygen atoms in total. The largest absolute Gasteiger partial charge is 0.497 e. The predicted molar refractivity (Wildman–Crippen MR) is 110 cm³/mol. The van der Waals surface area contributed by atoms with E-state index in [2.05, 4.69) is 15.0 Å². The molecule has 0 unspecified atom stereocenters. The van der Waals surface area contributed by atoms with Crippen LogP contribution in [0.5, 0.6) is 11.6 Å². The highest BCUT2D eigenvalue weighted by Crippen LogP contribution is 2.30. The van der Waals surface area contributed by atoms with Crippen LogP contribution in [-0.2, 0) is 0 Å². The quantitative estimate of drug-likeness (QED) is 0.417. The van der Waals surface area contributed by atoms with Crippen molar-refractivity contribution >= 4 is 34.8 Å². The van der Waals surface area contributed by atoms with Gasteiger partial charge in [-0.05, 0) is 24.3 Å². The van der Waals surface area contributed by atoms with E-state index in [0.29, 0.717) is 11.4 Å². The van der Waals surface area contributed by atoms with Crippen LogP contribution in [0.15, 0.2) is 40.1 Å². The first-order valence-electron chi connectivity index (χ1n) is 8.77. The van der Waals surface area contributed by atoms with Crippen LogP contribution in [0.1, 0.15) is 0 Å². The molecule has 3 rings (SSSR count). The van der Waals surface area contributed by atoms with Crippen molar-refractivity contribution < 1.29 is 22.6 Å². The standard InChI is InChI=1S/C19H17ClF3N5O3/c1-27(2)10-24-13-8-14(31-9-19(21,22)23)25-17-15(13)26-16(20)18(29)28(17)11-4-6-12(30-3)7-5-11/h4-8,10H,9H2,1-3H3. The molecule has 0 radical (unpaired) electrons. The first-order chi connectivity index (χ1) is 14.6. The Hall–Kier alpha value is -3.34. The van der Waals surface area contributed by atoms with Gasteiger partial charge in [-0.25, -0.2) is 9.98 Å². The first-order valence-corrected chi connectivity index (χ1v) is 9.15. The Bertz CT molecular complexity index is 1180. The molecule has 0 amide bonds. The second kappa shape index (κ2) is 8.80. The molecule has 0 saturated carbocycles. The molecular weight excluding hydrogens is 439 g/mol. The number of hydrogen-bond acceptors (Lipinski definition) is 6. The maximum Gasteiger partial charge on any atom is 0.422 e. The SMILES string of the molecule is COc1ccc(-n2c(=O)c(Cl)nc3c(N=CN(C)C)cc(OCC(F)(F)F)nc32)cc1. The summed E-state index contributed by atoms with van der Waals surface area (Å²) < 4.78 is 49.0. The summed E-state index contributed by atoms with van der Waals surface area (Å²) in [5.74, 6) is 0.168. The summed E-state index contributed by atoms with van der Waals surface area (Å²) >= 11 is 6.06. The van der Waals surface area contributed by atoms with Gasteiger partial charge in [-0.3, -0.25) is 9.36 Å². The highest BCUT2D eigenvalue weighted by molar-refractivity contribution is 6.29. The minimum atomic E-state index is -4.57. The normalized spacial score (nSPS) is 11.8. The first kappa shape index (κ1) is 22.3. The Kier molecular flexibility index (Phi) is 6.34. The lowest BCUT2D eigenvalue weighted by Gasteiger charge is -2.14. The van der Waals surface area contributed by atoms with E-state index >= 15 is 0 Å². The maximum absolute atomic E-state index is 12.8. The monoisotopic (exact) mass is 455 g/mol. The fourth-order valence-corrected chi connectivity index (χ4v) is 2.73. The highest BCUT2D eigenvalue weighted by atomic mass is 35.5. The van der Waals surface area contributed by atoms with Crippen LogP contribution < -0.4 is 15.0 Å². The van der Waals surface area contributed by atoms with Gasteiger partial charge in [0, 0.05) is 20.2 Å². The van der Waals surface area contributed by atoms with E-state index in [4.69, 9.17) is 21.1 Å². The van der Waals surface area contributed by atoms with Gasteiger partial charge >= 0.3 is 6.18 Å². The minimum absolute atomic E-state index is 0.0647. The zero-order valence-electron chi connectivity index (χ0n) is 16.6. The highest BCUT2D eigenvalue weighted by Gasteiger charge is 2.29. The number of rotatable bonds is 6. The fourth-order valence-electron chi connectivity index (χ4n) is 2.56. The third-order valence-electron chi connectivity index (χ3n) is 3.87. The average Bonchev–Trinajstić information content (AvgIpc) is 2.71. The van der Waals surface area contributed by atoms with Gasteiger partial charge in [0.1, 0.15) is 11.3 Å². The van der Waals surface area contributed by atoms with Gasteiger partial charge in [0.25, 0.3) is 5.56 Å². The third kappa shape index (κ3) is 5.23. The smallest absolute Gasteiger partial charge is 0.422 e. The molecule has 0 aliphatic rings. The zero-order chi connectivity index (χ0) is 22.8. The summed E-state index contributed by atoms with van der Waals surface area (Å²) in [7, 11) is 4.91. The number of hydrogen-bond donors (Lipinski definition) is 0. The van der Waals surface area contributed by atoms with Crippen molar-refractivity contribution in [3.8, 4) is 17.3 Å². The molecule has 31 heavy (non-hydrogen) atoms. The maximum atomic E-state index is 12.8. The predicted octanol–water partition coefficient (Wildman–Crippen LogP) is 3.61. The topological polar surface area (TPSA) is 81.8 Å². The second-order valence-electron chi connectivity index (χ2n) is 6.51. The average molecular weight is 456 g/mol. The number of halogens is 4. The molecular formula is C19H17ClF3N5O3. The van der Waals surface area contributed by atoms with Crippen molar-refractivity contribution in [2.45, 2.75) is 6.18 Å². The number of ether oxygens (including phenoxy) is 2. The van der Waals surface area contributed by atoms with Crippen molar-refractivity contribution in [3.05, 3.63) is 45.8 Å². The van der Waals surface area contributed by atoms with E-state index in [1.54, 1.807) is 43.3 Å². The van der Waals surface area contributed by atoms with Gasteiger partial charge in [-0.1, -0.05) is 11.6 Å². The molecule has 3 aromatic rings. The van der Waals surface area contributed by atoms with Crippen LogP contribution in [-0.4, -0.2) is 59.8 Å². The number of benzene rings is 1. The summed E-state index contributed by atoms with van der Waals surface area (Å²) in [6, 6.07) is 7.56. The summed E-state index contributed by atoms with van der Waals surface area (Å²) in [5, 5.41) is -0.351. The van der Waals surface area contributed by atoms with Crippen molar-refractivity contribution in [2.24, 2.45) is 4.99 Å². The molecule has 0 saturated heterocycles. The van der Waals surface area contributed by atoms with E-state index in [1.165, 1.54) is 19.5 Å². The molecule has 164 valence electrons. The Morgan fingerprint density at radius 3 is 2.48 bits per heavy atom. The summed E-state index contributed by atoms with van der Waals surface area (Å²) in [5.41, 5.74) is -0.187. The molecule has 0 atom stereocenters. The minimum Gasteiger partial charge on any atom is -0.497 e. The molecule has 1 aromatic carbocycles. The summed E-state index contributed by atoms with van der Waals surface area (Å²) in [4.78, 5) is 26.7. The van der Waals surface area contributed by atoms with Crippen molar-refractivity contribution in [2.75, 3.05) is 27.8 Å². The van der Waals surface area contributed by atoms with E-state index in [1.807, 2.05) is 0 Å². The van der Waals surface area contributed by atoms with Gasteiger partial charge in [-0.15, -0.1) is 0 Å². The van der Waals surface area contributed by atoms with E-state index in [0.717, 1.165) is 4.57 Å². The van der Waals surface area contributed by atoms with Gasteiger partial charge in [0.15, 0.2) is 17.4 Å². The number of aliphatic imine (C=N–C) groups is 1. The lowest BCUT2D eigenvalue weighted by atomic mass is 10.2. The number of pyridine rings is 1. The van der Waals surface area contributed by atoms with Crippen LogP contribution in [0.3, 0.4) is 0 Å². The number of fused-ring (bicyclic) bond motifs is 1. The lowest BCUT2D eigenvalue weighted by molar-refractivity contribution is -0.154. The molecule has 2 aromatic heterocycles. The molecule has 2 heterocycles. The Morgan fingerprint density at radius 2 is 1.90 bits per heavy atom. The van der Waals surface area contributed by atoms with Crippen molar-refractivity contribution in [1.82, 2.24) is 19.4 Å². The van der Waals surface area contributed by atoms with Crippen molar-refractivity contribution in [3.63, 3.8) is 0 Å². The second-order valence-corrected chi connectivity index (χ2v) is 6.86. The van der Waals surface area contributed by atoms with Gasteiger partial charge in [0.05, 0.1) is 24.8 Å². The van der Waals surface area contributed by atoms with E-state index in [-0.39, 0.29) is 27.9 Å². The molecule has 0 aliphatic carbocycles. The molecule has 12 heteroatoms. The summed E-state index contributed by atoms with van der Waals surface area (Å²) in [6.45, 7) is -1.56. The molecule has 0 aliphatic heterocycles. The number of alkyl halides is 3. The fraction of sp³-hybridized carbons (Fsp3) is 0.263. The van der Waals surface area contributed by atoms with E-state index < -0.39 is 18.3 Å². The molecule has 0 spiro atoms. The van der Waals surface area contributed by atoms with Crippen LogP contribution in [0.2, 0.25) is 5.15 Å². The van der Waals surface area contributed by atoms with Crippen LogP contribution in [0, 0.1) is 0 Å². The van der Waals surface area contributed by atoms with Crippen LogP contribution in [0.25, 0.3) is 16.9 Å². The Balaban J connectivity index is 2.29.